The van der Waals surface area contributed by atoms with Crippen LogP contribution in [0.4, 0.5) is 0 Å². The van der Waals surface area contributed by atoms with Crippen molar-refractivity contribution in [1.82, 2.24) is 20.3 Å². The van der Waals surface area contributed by atoms with E-state index in [1.165, 1.54) is 0 Å². The molecule has 3 heterocycles. The minimum atomic E-state index is -0.348. The smallest absolute Gasteiger partial charge is 0.223 e. The quantitative estimate of drug-likeness (QED) is 0.700. The number of aryl methyl sites for hydroxylation is 2. The number of hydrogen-bond acceptors (Lipinski definition) is 6. The first-order chi connectivity index (χ1) is 13.2. The molecule has 2 fully saturated rings. The predicted molar refractivity (Wildman–Crippen MR) is 99.1 cm³/mol. The maximum Gasteiger partial charge on any atom is 0.223 e. The van der Waals surface area contributed by atoms with Crippen molar-refractivity contribution in [2.24, 2.45) is 5.92 Å². The van der Waals surface area contributed by atoms with E-state index in [0.29, 0.717) is 13.2 Å². The van der Waals surface area contributed by atoms with E-state index in [4.69, 9.17) is 9.47 Å². The Hall–Kier alpha value is -1.51. The van der Waals surface area contributed by atoms with Crippen LogP contribution >= 0.6 is 0 Å². The Labute approximate surface area is 160 Å². The van der Waals surface area contributed by atoms with Crippen molar-refractivity contribution < 1.29 is 19.4 Å². The highest BCUT2D eigenvalue weighted by molar-refractivity contribution is 5.79. The summed E-state index contributed by atoms with van der Waals surface area (Å²) >= 11 is 0. The van der Waals surface area contributed by atoms with Gasteiger partial charge in [0.2, 0.25) is 5.91 Å². The van der Waals surface area contributed by atoms with Crippen LogP contribution in [-0.2, 0) is 27.2 Å². The number of ether oxygens (including phenoxy) is 2. The molecule has 1 aromatic heterocycles. The van der Waals surface area contributed by atoms with Crippen molar-refractivity contribution in [3.8, 4) is 0 Å². The zero-order chi connectivity index (χ0) is 19.1. The number of nitrogens with one attached hydrogen (secondary N) is 1. The molecule has 0 unspecified atom stereocenters. The molecule has 27 heavy (non-hydrogen) atoms. The SMILES string of the molecule is CCCc1cn(CC[C@H]2CC[C@@H](NC(=O)C3CCOCC3)[C@H](CO)O2)nn1. The Balaban J connectivity index is 1.44. The van der Waals surface area contributed by atoms with Crippen LogP contribution in [0.25, 0.3) is 0 Å². The van der Waals surface area contributed by atoms with Gasteiger partial charge in [0.05, 0.1) is 24.4 Å². The van der Waals surface area contributed by atoms with E-state index in [-0.39, 0.29) is 36.7 Å². The number of nitrogens with zero attached hydrogens (tertiary/aromatic N) is 3. The van der Waals surface area contributed by atoms with Crippen LogP contribution in [-0.4, -0.2) is 64.1 Å². The van der Waals surface area contributed by atoms with Gasteiger partial charge < -0.3 is 19.9 Å². The first kappa shape index (κ1) is 20.2. The van der Waals surface area contributed by atoms with Gasteiger partial charge in [0, 0.05) is 31.9 Å². The van der Waals surface area contributed by atoms with Crippen LogP contribution in [0.2, 0.25) is 0 Å². The number of aliphatic hydroxyl groups excluding tert-OH is 1. The standard InChI is InChI=1S/C19H32N4O4/c1-2-3-15-12-23(22-21-15)9-6-16-4-5-17(18(13-24)27-16)20-19(25)14-7-10-26-11-8-14/h12,14,16-18,24H,2-11,13H2,1H3,(H,20,25)/t16-,17-,18+/m1/s1. The number of carbonyl (C=O) groups excluding carboxylic acids is 1. The summed E-state index contributed by atoms with van der Waals surface area (Å²) in [4.78, 5) is 12.5. The van der Waals surface area contributed by atoms with Crippen LogP contribution in [0.3, 0.4) is 0 Å². The van der Waals surface area contributed by atoms with E-state index in [1.807, 2.05) is 10.9 Å². The summed E-state index contributed by atoms with van der Waals surface area (Å²) in [5.41, 5.74) is 1.02. The summed E-state index contributed by atoms with van der Waals surface area (Å²) < 4.78 is 13.2. The molecule has 1 amide bonds. The summed E-state index contributed by atoms with van der Waals surface area (Å²) in [7, 11) is 0. The summed E-state index contributed by atoms with van der Waals surface area (Å²) in [5.74, 6) is 0.0790. The van der Waals surface area contributed by atoms with Crippen LogP contribution in [0, 0.1) is 5.92 Å². The highest BCUT2D eigenvalue weighted by atomic mass is 16.5. The van der Waals surface area contributed by atoms with E-state index in [1.54, 1.807) is 0 Å². The van der Waals surface area contributed by atoms with E-state index >= 15 is 0 Å². The lowest BCUT2D eigenvalue weighted by Crippen LogP contribution is -2.52. The maximum absolute atomic E-state index is 12.5. The number of carbonyl (C=O) groups is 1. The molecule has 1 aromatic rings. The molecule has 0 aliphatic carbocycles. The van der Waals surface area contributed by atoms with Gasteiger partial charge in [0.15, 0.2) is 0 Å². The van der Waals surface area contributed by atoms with Crippen LogP contribution in [0.5, 0.6) is 0 Å². The van der Waals surface area contributed by atoms with Gasteiger partial charge >= 0.3 is 0 Å². The van der Waals surface area contributed by atoms with Crippen LogP contribution in [0.15, 0.2) is 6.20 Å². The maximum atomic E-state index is 12.5. The highest BCUT2D eigenvalue weighted by Gasteiger charge is 2.33. The average Bonchev–Trinajstić information content (AvgIpc) is 3.15. The van der Waals surface area contributed by atoms with E-state index in [0.717, 1.165) is 57.2 Å². The van der Waals surface area contributed by atoms with Crippen LogP contribution < -0.4 is 5.32 Å². The zero-order valence-electron chi connectivity index (χ0n) is 16.2. The second kappa shape index (κ2) is 10.1. The molecule has 2 aliphatic heterocycles. The molecular weight excluding hydrogens is 348 g/mol. The number of hydrogen-bond donors (Lipinski definition) is 2. The lowest BCUT2D eigenvalue weighted by atomic mass is 9.94. The molecule has 2 aliphatic rings. The number of aromatic nitrogens is 3. The molecule has 0 spiro atoms. The Kier molecular flexibility index (Phi) is 7.60. The average molecular weight is 380 g/mol. The van der Waals surface area contributed by atoms with Crippen molar-refractivity contribution in [3.63, 3.8) is 0 Å². The molecule has 8 nitrogen and oxygen atoms in total. The third-order valence-electron chi connectivity index (χ3n) is 5.49. The molecule has 8 heteroatoms. The van der Waals surface area contributed by atoms with Gasteiger partial charge in [0.25, 0.3) is 0 Å². The molecule has 2 saturated heterocycles. The highest BCUT2D eigenvalue weighted by Crippen LogP contribution is 2.23. The third-order valence-corrected chi connectivity index (χ3v) is 5.49. The second-order valence-corrected chi connectivity index (χ2v) is 7.57. The van der Waals surface area contributed by atoms with Gasteiger partial charge in [-0.3, -0.25) is 9.48 Å². The molecule has 0 radical (unpaired) electrons. The molecule has 2 N–H and O–H groups in total. The fourth-order valence-electron chi connectivity index (χ4n) is 3.86. The fourth-order valence-corrected chi connectivity index (χ4v) is 3.86. The van der Waals surface area contributed by atoms with Crippen LogP contribution in [0.1, 0.15) is 51.1 Å². The van der Waals surface area contributed by atoms with Crippen molar-refractivity contribution in [2.45, 2.75) is 76.7 Å². The lowest BCUT2D eigenvalue weighted by Gasteiger charge is -2.37. The van der Waals surface area contributed by atoms with Gasteiger partial charge in [0.1, 0.15) is 6.10 Å². The largest absolute Gasteiger partial charge is 0.394 e. The van der Waals surface area contributed by atoms with Gasteiger partial charge in [-0.15, -0.1) is 5.10 Å². The van der Waals surface area contributed by atoms with E-state index in [9.17, 15) is 9.90 Å². The third kappa shape index (κ3) is 5.73. The van der Waals surface area contributed by atoms with Gasteiger partial charge in [-0.25, -0.2) is 0 Å². The van der Waals surface area contributed by atoms with Gasteiger partial charge in [-0.1, -0.05) is 18.6 Å². The van der Waals surface area contributed by atoms with Gasteiger partial charge in [-0.05, 0) is 38.5 Å². The second-order valence-electron chi connectivity index (χ2n) is 7.57. The summed E-state index contributed by atoms with van der Waals surface area (Å²) in [6.07, 6.45) is 7.77. The monoisotopic (exact) mass is 380 g/mol. The molecule has 152 valence electrons. The Morgan fingerprint density at radius 2 is 2.15 bits per heavy atom. The zero-order valence-corrected chi connectivity index (χ0v) is 16.2. The number of aliphatic hydroxyl groups is 1. The van der Waals surface area contributed by atoms with E-state index < -0.39 is 0 Å². The summed E-state index contributed by atoms with van der Waals surface area (Å²) in [5, 5.41) is 21.1. The topological polar surface area (TPSA) is 98.5 Å². The molecule has 0 aromatic carbocycles. The predicted octanol–water partition coefficient (Wildman–Crippen LogP) is 1.07. The Bertz CT molecular complexity index is 588. The van der Waals surface area contributed by atoms with Crippen molar-refractivity contribution >= 4 is 5.91 Å². The Morgan fingerprint density at radius 1 is 1.33 bits per heavy atom. The first-order valence-corrected chi connectivity index (χ1v) is 10.2. The minimum absolute atomic E-state index is 0.0143. The first-order valence-electron chi connectivity index (χ1n) is 10.2. The van der Waals surface area contributed by atoms with Crippen molar-refractivity contribution in [2.75, 3.05) is 19.8 Å². The minimum Gasteiger partial charge on any atom is -0.394 e. The molecule has 3 atom stereocenters. The molecule has 0 bridgehead atoms. The molecular formula is C19H32N4O4. The Morgan fingerprint density at radius 3 is 2.89 bits per heavy atom. The normalized spacial score (nSPS) is 26.8. The number of amides is 1. The van der Waals surface area contributed by atoms with Gasteiger partial charge in [-0.2, -0.15) is 0 Å². The summed E-state index contributed by atoms with van der Waals surface area (Å²) in [6, 6.07) is -0.121. The molecule has 0 saturated carbocycles. The van der Waals surface area contributed by atoms with E-state index in [2.05, 4.69) is 22.6 Å². The lowest BCUT2D eigenvalue weighted by molar-refractivity contribution is -0.134. The molecule has 3 rings (SSSR count). The van der Waals surface area contributed by atoms with Crippen molar-refractivity contribution in [1.29, 1.82) is 0 Å². The van der Waals surface area contributed by atoms with Crippen molar-refractivity contribution in [3.05, 3.63) is 11.9 Å². The number of rotatable bonds is 8. The fraction of sp³-hybridized carbons (Fsp3) is 0.842. The summed E-state index contributed by atoms with van der Waals surface area (Å²) in [6.45, 7) is 4.08.